The van der Waals surface area contributed by atoms with Gasteiger partial charge in [0.05, 0.1) is 12.1 Å². The molecule has 0 aliphatic rings. The van der Waals surface area contributed by atoms with E-state index in [4.69, 9.17) is 16.3 Å². The number of hydrogen-bond donors (Lipinski definition) is 0. The van der Waals surface area contributed by atoms with Crippen LogP contribution in [0.25, 0.3) is 6.08 Å². The largest absolute Gasteiger partial charge is 0.497 e. The molecule has 0 saturated heterocycles. The third-order valence-corrected chi connectivity index (χ3v) is 1.89. The van der Waals surface area contributed by atoms with Gasteiger partial charge in [0.25, 0.3) is 0 Å². The Bertz CT molecular complexity index is 332. The van der Waals surface area contributed by atoms with Crippen molar-refractivity contribution in [1.82, 2.24) is 0 Å². The maximum absolute atomic E-state index is 10.1. The molecule has 2 nitrogen and oxygen atoms in total. The van der Waals surface area contributed by atoms with Crippen LogP contribution in [0.1, 0.15) is 5.56 Å². The van der Waals surface area contributed by atoms with Crippen LogP contribution < -0.4 is 4.74 Å². The Balaban J connectivity index is 2.98. The van der Waals surface area contributed by atoms with Crippen LogP contribution in [0, 0.1) is 0 Å². The number of rotatable bonds is 3. The third-order valence-electron chi connectivity index (χ3n) is 1.56. The van der Waals surface area contributed by atoms with Gasteiger partial charge in [0, 0.05) is 0 Å². The lowest BCUT2D eigenvalue weighted by Gasteiger charge is -2.01. The first kappa shape index (κ1) is 9.81. The summed E-state index contributed by atoms with van der Waals surface area (Å²) in [5, 5.41) is 0.567. The second kappa shape index (κ2) is 4.67. The summed E-state index contributed by atoms with van der Waals surface area (Å²) in [4.78, 5) is 10.1. The van der Waals surface area contributed by atoms with Gasteiger partial charge in [-0.3, -0.25) is 4.79 Å². The smallest absolute Gasteiger partial charge is 0.142 e. The molecule has 0 spiro atoms. The number of aldehydes is 1. The van der Waals surface area contributed by atoms with Crippen LogP contribution in [0.4, 0.5) is 0 Å². The number of benzene rings is 1. The normalized spacial score (nSPS) is 10.3. The highest BCUT2D eigenvalue weighted by atomic mass is 35.5. The summed E-state index contributed by atoms with van der Waals surface area (Å²) < 4.78 is 4.98. The molecule has 0 heterocycles. The molecule has 0 saturated carbocycles. The Hall–Kier alpha value is -1.28. The van der Waals surface area contributed by atoms with Crippen LogP contribution in [0.5, 0.6) is 5.75 Å². The van der Waals surface area contributed by atoms with E-state index in [2.05, 4.69) is 0 Å². The molecule has 0 bridgehead atoms. The van der Waals surface area contributed by atoms with Gasteiger partial charge in [-0.2, -0.15) is 0 Å². The summed E-state index contributed by atoms with van der Waals surface area (Å²) in [7, 11) is 1.58. The summed E-state index contributed by atoms with van der Waals surface area (Å²) in [6, 6.07) is 5.28. The lowest BCUT2D eigenvalue weighted by Crippen LogP contribution is -1.83. The number of ether oxygens (including phenoxy) is 1. The van der Waals surface area contributed by atoms with Gasteiger partial charge in [0.1, 0.15) is 12.0 Å². The summed E-state index contributed by atoms with van der Waals surface area (Å²) in [6.07, 6.45) is 3.75. The number of carbonyl (C=O) groups excluding carboxylic acids is 1. The minimum Gasteiger partial charge on any atom is -0.497 e. The van der Waals surface area contributed by atoms with E-state index in [0.29, 0.717) is 17.1 Å². The molecule has 0 amide bonds. The standard InChI is InChI=1S/C10H9ClO2/c1-13-9-5-4-8(3-2-6-12)10(11)7-9/h2-7H,1H3. The van der Waals surface area contributed by atoms with E-state index in [-0.39, 0.29) is 0 Å². The molecule has 1 rings (SSSR count). The molecule has 0 aliphatic heterocycles. The minimum absolute atomic E-state index is 0.567. The van der Waals surface area contributed by atoms with Crippen LogP contribution in [0.15, 0.2) is 24.3 Å². The molecule has 3 heteroatoms. The Morgan fingerprint density at radius 1 is 1.46 bits per heavy atom. The Labute approximate surface area is 81.8 Å². The van der Waals surface area contributed by atoms with E-state index >= 15 is 0 Å². The number of hydrogen-bond acceptors (Lipinski definition) is 2. The molecule has 0 atom stereocenters. The van der Waals surface area contributed by atoms with Gasteiger partial charge >= 0.3 is 0 Å². The van der Waals surface area contributed by atoms with Gasteiger partial charge in [-0.05, 0) is 29.8 Å². The number of allylic oxidation sites excluding steroid dienone is 1. The average Bonchev–Trinajstić information content (AvgIpc) is 2.16. The summed E-state index contributed by atoms with van der Waals surface area (Å²) >= 11 is 5.90. The van der Waals surface area contributed by atoms with Crippen molar-refractivity contribution >= 4 is 24.0 Å². The first-order valence-electron chi connectivity index (χ1n) is 3.73. The van der Waals surface area contributed by atoms with E-state index in [1.807, 2.05) is 0 Å². The molecule has 0 N–H and O–H groups in total. The second-order valence-electron chi connectivity index (χ2n) is 2.38. The van der Waals surface area contributed by atoms with Crippen molar-refractivity contribution < 1.29 is 9.53 Å². The molecule has 0 unspecified atom stereocenters. The Morgan fingerprint density at radius 2 is 2.23 bits per heavy atom. The van der Waals surface area contributed by atoms with Crippen LogP contribution >= 0.6 is 11.6 Å². The van der Waals surface area contributed by atoms with Crippen molar-refractivity contribution in [3.05, 3.63) is 34.9 Å². The molecule has 68 valence electrons. The Morgan fingerprint density at radius 3 is 2.77 bits per heavy atom. The fourth-order valence-electron chi connectivity index (χ4n) is 0.913. The zero-order chi connectivity index (χ0) is 9.68. The SMILES string of the molecule is COc1ccc(C=CC=O)c(Cl)c1. The van der Waals surface area contributed by atoms with E-state index in [1.54, 1.807) is 31.4 Å². The van der Waals surface area contributed by atoms with Crippen LogP contribution in [0.3, 0.4) is 0 Å². The average molecular weight is 197 g/mol. The Kier molecular flexibility index (Phi) is 3.53. The van der Waals surface area contributed by atoms with Crippen molar-refractivity contribution in [2.45, 2.75) is 0 Å². The van der Waals surface area contributed by atoms with Gasteiger partial charge in [-0.15, -0.1) is 0 Å². The topological polar surface area (TPSA) is 26.3 Å². The van der Waals surface area contributed by atoms with Crippen molar-refractivity contribution in [2.75, 3.05) is 7.11 Å². The monoisotopic (exact) mass is 196 g/mol. The highest BCUT2D eigenvalue weighted by Gasteiger charge is 1.97. The van der Waals surface area contributed by atoms with Gasteiger partial charge in [0.15, 0.2) is 0 Å². The van der Waals surface area contributed by atoms with Crippen LogP contribution in [-0.4, -0.2) is 13.4 Å². The molecule has 0 fully saturated rings. The van der Waals surface area contributed by atoms with Gasteiger partial charge in [0.2, 0.25) is 0 Å². The molecule has 13 heavy (non-hydrogen) atoms. The quantitative estimate of drug-likeness (QED) is 0.549. The fourth-order valence-corrected chi connectivity index (χ4v) is 1.15. The van der Waals surface area contributed by atoms with E-state index in [0.717, 1.165) is 5.56 Å². The maximum Gasteiger partial charge on any atom is 0.142 e. The molecule has 0 aromatic heterocycles. The molecule has 1 aromatic rings. The number of methoxy groups -OCH3 is 1. The first-order chi connectivity index (χ1) is 6.27. The van der Waals surface area contributed by atoms with Crippen molar-refractivity contribution in [1.29, 1.82) is 0 Å². The molecule has 1 aromatic carbocycles. The molecular formula is C10H9ClO2. The van der Waals surface area contributed by atoms with E-state index < -0.39 is 0 Å². The zero-order valence-corrected chi connectivity index (χ0v) is 7.91. The lowest BCUT2D eigenvalue weighted by molar-refractivity contribution is -0.104. The molecule has 0 aliphatic carbocycles. The number of carbonyl (C=O) groups is 1. The highest BCUT2D eigenvalue weighted by molar-refractivity contribution is 6.32. The minimum atomic E-state index is 0.567. The predicted octanol–water partition coefficient (Wildman–Crippen LogP) is 2.56. The predicted molar refractivity (Wildman–Crippen MR) is 53.1 cm³/mol. The maximum atomic E-state index is 10.1. The van der Waals surface area contributed by atoms with E-state index in [1.165, 1.54) is 6.08 Å². The van der Waals surface area contributed by atoms with Gasteiger partial charge < -0.3 is 4.74 Å². The lowest BCUT2D eigenvalue weighted by atomic mass is 10.2. The first-order valence-corrected chi connectivity index (χ1v) is 4.11. The van der Waals surface area contributed by atoms with Crippen molar-refractivity contribution in [2.24, 2.45) is 0 Å². The van der Waals surface area contributed by atoms with Crippen molar-refractivity contribution in [3.63, 3.8) is 0 Å². The highest BCUT2D eigenvalue weighted by Crippen LogP contribution is 2.22. The van der Waals surface area contributed by atoms with Crippen LogP contribution in [0.2, 0.25) is 5.02 Å². The van der Waals surface area contributed by atoms with Gasteiger partial charge in [-0.25, -0.2) is 0 Å². The summed E-state index contributed by atoms with van der Waals surface area (Å²) in [5.41, 5.74) is 0.801. The summed E-state index contributed by atoms with van der Waals surface area (Å²) in [6.45, 7) is 0. The zero-order valence-electron chi connectivity index (χ0n) is 7.16. The second-order valence-corrected chi connectivity index (χ2v) is 2.79. The summed E-state index contributed by atoms with van der Waals surface area (Å²) in [5.74, 6) is 0.702. The van der Waals surface area contributed by atoms with E-state index in [9.17, 15) is 4.79 Å². The molecular weight excluding hydrogens is 188 g/mol. The van der Waals surface area contributed by atoms with Crippen molar-refractivity contribution in [3.8, 4) is 5.75 Å². The fraction of sp³-hybridized carbons (Fsp3) is 0.100. The molecule has 0 radical (unpaired) electrons. The van der Waals surface area contributed by atoms with Crippen LogP contribution in [-0.2, 0) is 4.79 Å². The number of halogens is 1. The third kappa shape index (κ3) is 2.60. The van der Waals surface area contributed by atoms with Gasteiger partial charge in [-0.1, -0.05) is 17.7 Å².